The lowest BCUT2D eigenvalue weighted by atomic mass is 9.48. The van der Waals surface area contributed by atoms with E-state index in [0.29, 0.717) is 0 Å². The zero-order chi connectivity index (χ0) is 16.6. The molecule has 4 aliphatic rings. The summed E-state index contributed by atoms with van der Waals surface area (Å²) < 4.78 is 5.24. The van der Waals surface area contributed by atoms with Crippen LogP contribution in [-0.2, 0) is 14.3 Å². The quantitative estimate of drug-likeness (QED) is 0.607. The molecule has 24 heavy (non-hydrogen) atoms. The normalized spacial score (nSPS) is 33.8. The summed E-state index contributed by atoms with van der Waals surface area (Å²) in [5.41, 5.74) is 0.764. The molecular weight excluding hydrogens is 300 g/mol. The third-order valence-electron chi connectivity index (χ3n) is 6.19. The van der Waals surface area contributed by atoms with Crippen molar-refractivity contribution in [3.05, 3.63) is 42.0 Å². The Labute approximate surface area is 143 Å². The molecule has 0 saturated heterocycles. The Morgan fingerprint density at radius 3 is 2.17 bits per heavy atom. The smallest absolute Gasteiger partial charge is 0.331 e. The van der Waals surface area contributed by atoms with Crippen molar-refractivity contribution in [2.75, 3.05) is 6.61 Å². The van der Waals surface area contributed by atoms with Crippen molar-refractivity contribution in [2.45, 2.75) is 38.5 Å². The van der Waals surface area contributed by atoms with Crippen LogP contribution in [0.3, 0.4) is 0 Å². The molecule has 1 aromatic rings. The maximum atomic E-state index is 12.8. The minimum atomic E-state index is -0.433. The summed E-state index contributed by atoms with van der Waals surface area (Å²) >= 11 is 0. The van der Waals surface area contributed by atoms with Crippen molar-refractivity contribution < 1.29 is 14.3 Å². The summed E-state index contributed by atoms with van der Waals surface area (Å²) in [4.78, 5) is 24.7. The molecule has 0 N–H and O–H groups in total. The third kappa shape index (κ3) is 3.04. The van der Waals surface area contributed by atoms with Crippen molar-refractivity contribution in [2.24, 2.45) is 23.2 Å². The molecule has 3 heteroatoms. The lowest BCUT2D eigenvalue weighted by Gasteiger charge is -2.55. The first-order valence-corrected chi connectivity index (χ1v) is 9.06. The summed E-state index contributed by atoms with van der Waals surface area (Å²) in [6.07, 6.45) is 10.1. The minimum absolute atomic E-state index is 0.0654. The number of ether oxygens (including phenoxy) is 1. The lowest BCUT2D eigenvalue weighted by Crippen LogP contribution is -2.51. The third-order valence-corrected chi connectivity index (χ3v) is 6.19. The Morgan fingerprint density at radius 2 is 1.58 bits per heavy atom. The molecule has 4 fully saturated rings. The second-order valence-electron chi connectivity index (χ2n) is 7.97. The standard InChI is InChI=1S/C21H24O3/c22-19(14-24-20(23)7-6-15-4-2-1-3-5-15)21-11-16-8-17(12-21)10-18(9-16)13-21/h1-7,16-18H,8-14H2/b7-6+. The summed E-state index contributed by atoms with van der Waals surface area (Å²) in [6.45, 7) is -0.0654. The summed E-state index contributed by atoms with van der Waals surface area (Å²) in [7, 11) is 0. The van der Waals surface area contributed by atoms with Crippen LogP contribution < -0.4 is 0 Å². The van der Waals surface area contributed by atoms with Crippen LogP contribution in [0.25, 0.3) is 6.08 Å². The van der Waals surface area contributed by atoms with Crippen molar-refractivity contribution in [3.63, 3.8) is 0 Å². The van der Waals surface area contributed by atoms with Gasteiger partial charge in [-0.15, -0.1) is 0 Å². The molecule has 0 atom stereocenters. The highest BCUT2D eigenvalue weighted by molar-refractivity contribution is 5.91. The summed E-state index contributed by atoms with van der Waals surface area (Å²) in [6, 6.07) is 9.61. The number of hydrogen-bond donors (Lipinski definition) is 0. The number of carbonyl (C=O) groups excluding carboxylic acids is 2. The van der Waals surface area contributed by atoms with E-state index in [-0.39, 0.29) is 17.8 Å². The molecule has 5 rings (SSSR count). The molecule has 3 nitrogen and oxygen atoms in total. The highest BCUT2D eigenvalue weighted by Crippen LogP contribution is 2.60. The average Bonchev–Trinajstić information content (AvgIpc) is 2.57. The molecule has 4 aliphatic carbocycles. The van der Waals surface area contributed by atoms with Crippen molar-refractivity contribution >= 4 is 17.8 Å². The number of benzene rings is 1. The number of rotatable bonds is 5. The van der Waals surface area contributed by atoms with Gasteiger partial charge in [0.25, 0.3) is 0 Å². The molecule has 0 aromatic heterocycles. The average molecular weight is 324 g/mol. The molecule has 0 radical (unpaired) electrons. The van der Waals surface area contributed by atoms with E-state index in [1.54, 1.807) is 6.08 Å². The van der Waals surface area contributed by atoms with Crippen LogP contribution in [0.5, 0.6) is 0 Å². The van der Waals surface area contributed by atoms with Gasteiger partial charge < -0.3 is 4.74 Å². The van der Waals surface area contributed by atoms with Gasteiger partial charge in [-0.05, 0) is 67.9 Å². The maximum absolute atomic E-state index is 12.8. The Morgan fingerprint density at radius 1 is 1.00 bits per heavy atom. The van der Waals surface area contributed by atoms with Crippen LogP contribution in [0.15, 0.2) is 36.4 Å². The zero-order valence-electron chi connectivity index (χ0n) is 13.9. The molecule has 4 bridgehead atoms. The largest absolute Gasteiger partial charge is 0.455 e. The summed E-state index contributed by atoms with van der Waals surface area (Å²) in [5, 5.41) is 0. The molecule has 126 valence electrons. The van der Waals surface area contributed by atoms with Gasteiger partial charge >= 0.3 is 5.97 Å². The SMILES string of the molecule is O=C(/C=C/c1ccccc1)OCC(=O)C12CC3CC(CC(C3)C1)C2. The van der Waals surface area contributed by atoms with Crippen LogP contribution in [0, 0.1) is 23.2 Å². The lowest BCUT2D eigenvalue weighted by molar-refractivity contribution is -0.155. The van der Waals surface area contributed by atoms with Crippen LogP contribution >= 0.6 is 0 Å². The van der Waals surface area contributed by atoms with Gasteiger partial charge in [-0.2, -0.15) is 0 Å². The Hall–Kier alpha value is -1.90. The minimum Gasteiger partial charge on any atom is -0.455 e. The van der Waals surface area contributed by atoms with Gasteiger partial charge in [-0.3, -0.25) is 4.79 Å². The molecule has 0 aliphatic heterocycles. The highest BCUT2D eigenvalue weighted by atomic mass is 16.5. The van der Waals surface area contributed by atoms with E-state index in [4.69, 9.17) is 4.74 Å². The van der Waals surface area contributed by atoms with E-state index in [1.807, 2.05) is 30.3 Å². The van der Waals surface area contributed by atoms with Gasteiger partial charge in [-0.25, -0.2) is 4.79 Å². The number of Topliss-reactive ketones (excluding diaryl/α,β-unsaturated/α-hetero) is 1. The monoisotopic (exact) mass is 324 g/mol. The van der Waals surface area contributed by atoms with Gasteiger partial charge in [0.05, 0.1) is 0 Å². The molecule has 0 amide bonds. The van der Waals surface area contributed by atoms with E-state index < -0.39 is 5.97 Å². The van der Waals surface area contributed by atoms with Gasteiger partial charge in [0.2, 0.25) is 0 Å². The van der Waals surface area contributed by atoms with E-state index in [9.17, 15) is 9.59 Å². The zero-order valence-corrected chi connectivity index (χ0v) is 13.9. The Kier molecular flexibility index (Phi) is 4.03. The second-order valence-corrected chi connectivity index (χ2v) is 7.97. The van der Waals surface area contributed by atoms with Crippen LogP contribution in [-0.4, -0.2) is 18.4 Å². The molecule has 1 aromatic carbocycles. The van der Waals surface area contributed by atoms with E-state index in [2.05, 4.69) is 0 Å². The van der Waals surface area contributed by atoms with Crippen molar-refractivity contribution in [3.8, 4) is 0 Å². The highest BCUT2D eigenvalue weighted by Gasteiger charge is 2.54. The van der Waals surface area contributed by atoms with Gasteiger partial charge in [0.15, 0.2) is 12.4 Å². The topological polar surface area (TPSA) is 43.4 Å². The second kappa shape index (κ2) is 6.19. The van der Waals surface area contributed by atoms with E-state index in [0.717, 1.165) is 42.6 Å². The maximum Gasteiger partial charge on any atom is 0.331 e. The van der Waals surface area contributed by atoms with Gasteiger partial charge in [0, 0.05) is 11.5 Å². The first-order valence-electron chi connectivity index (χ1n) is 9.06. The number of carbonyl (C=O) groups is 2. The first kappa shape index (κ1) is 15.6. The fourth-order valence-corrected chi connectivity index (χ4v) is 5.52. The first-order chi connectivity index (χ1) is 11.6. The van der Waals surface area contributed by atoms with Crippen molar-refractivity contribution in [1.29, 1.82) is 0 Å². The molecule has 0 unspecified atom stereocenters. The summed E-state index contributed by atoms with van der Waals surface area (Å²) in [5.74, 6) is 1.91. The van der Waals surface area contributed by atoms with Gasteiger partial charge in [-0.1, -0.05) is 30.3 Å². The van der Waals surface area contributed by atoms with Crippen LogP contribution in [0.4, 0.5) is 0 Å². The molecule has 0 heterocycles. The molecule has 0 spiro atoms. The predicted octanol–water partition coefficient (Wildman–Crippen LogP) is 4.03. The fourth-order valence-electron chi connectivity index (χ4n) is 5.52. The predicted molar refractivity (Wildman–Crippen MR) is 92.0 cm³/mol. The number of hydrogen-bond acceptors (Lipinski definition) is 3. The van der Waals surface area contributed by atoms with Gasteiger partial charge in [0.1, 0.15) is 0 Å². The fraction of sp³-hybridized carbons (Fsp3) is 0.524. The number of esters is 1. The van der Waals surface area contributed by atoms with Crippen LogP contribution in [0.2, 0.25) is 0 Å². The molecular formula is C21H24O3. The number of ketones is 1. The van der Waals surface area contributed by atoms with Crippen LogP contribution in [0.1, 0.15) is 44.1 Å². The Balaban J connectivity index is 1.33. The van der Waals surface area contributed by atoms with E-state index in [1.165, 1.54) is 25.3 Å². The van der Waals surface area contributed by atoms with Crippen molar-refractivity contribution in [1.82, 2.24) is 0 Å². The Bertz CT molecular complexity index is 624. The van der Waals surface area contributed by atoms with E-state index >= 15 is 0 Å². The molecule has 4 saturated carbocycles.